The van der Waals surface area contributed by atoms with E-state index in [0.29, 0.717) is 36.4 Å². The molecule has 1 amide bonds. The second-order valence-corrected chi connectivity index (χ2v) is 7.90. The van der Waals surface area contributed by atoms with Gasteiger partial charge >= 0.3 is 0 Å². The lowest BCUT2D eigenvalue weighted by molar-refractivity contribution is 0.0617. The van der Waals surface area contributed by atoms with Gasteiger partial charge in [-0.15, -0.1) is 0 Å². The molecule has 0 bridgehead atoms. The zero-order valence-electron chi connectivity index (χ0n) is 18.8. The van der Waals surface area contributed by atoms with Crippen LogP contribution < -0.4 is 9.47 Å². The quantitative estimate of drug-likeness (QED) is 0.495. The van der Waals surface area contributed by atoms with E-state index in [2.05, 4.69) is 4.90 Å². The molecule has 0 atom stereocenters. The maximum absolute atomic E-state index is 13.2. The van der Waals surface area contributed by atoms with E-state index in [9.17, 15) is 9.59 Å². The molecule has 0 aromatic heterocycles. The van der Waals surface area contributed by atoms with Crippen molar-refractivity contribution in [2.24, 2.45) is 0 Å². The molecule has 4 rings (SSSR count). The van der Waals surface area contributed by atoms with E-state index >= 15 is 0 Å². The lowest BCUT2D eigenvalue weighted by Gasteiger charge is -2.35. The van der Waals surface area contributed by atoms with Gasteiger partial charge in [0, 0.05) is 43.9 Å². The molecule has 1 fully saturated rings. The summed E-state index contributed by atoms with van der Waals surface area (Å²) in [5.41, 5.74) is 1.49. The molecule has 1 aliphatic heterocycles. The van der Waals surface area contributed by atoms with Gasteiger partial charge in [-0.1, -0.05) is 48.5 Å². The summed E-state index contributed by atoms with van der Waals surface area (Å²) in [4.78, 5) is 30.3. The summed E-state index contributed by atoms with van der Waals surface area (Å²) in [6.45, 7) is 4.15. The number of hydrogen-bond acceptors (Lipinski definition) is 5. The molecule has 3 aromatic rings. The number of nitrogens with zero attached hydrogens (tertiary/aromatic N) is 2. The van der Waals surface area contributed by atoms with E-state index in [4.69, 9.17) is 9.47 Å². The molecule has 6 heteroatoms. The Morgan fingerprint density at radius 3 is 2.03 bits per heavy atom. The van der Waals surface area contributed by atoms with Crippen LogP contribution in [0, 0.1) is 0 Å². The molecule has 0 unspecified atom stereocenters. The van der Waals surface area contributed by atoms with Crippen LogP contribution in [-0.2, 0) is 0 Å². The number of carbonyl (C=O) groups is 2. The third kappa shape index (κ3) is 5.59. The van der Waals surface area contributed by atoms with E-state index in [0.717, 1.165) is 31.1 Å². The number of ketones is 1. The van der Waals surface area contributed by atoms with Crippen LogP contribution in [0.25, 0.3) is 0 Å². The number of benzene rings is 3. The van der Waals surface area contributed by atoms with E-state index < -0.39 is 0 Å². The Kier molecular flexibility index (Phi) is 7.37. The van der Waals surface area contributed by atoms with Gasteiger partial charge in [-0.2, -0.15) is 0 Å². The highest BCUT2D eigenvalue weighted by Gasteiger charge is 2.25. The Hall–Kier alpha value is -3.64. The fraction of sp³-hybridized carbons (Fsp3) is 0.259. The monoisotopic (exact) mass is 444 g/mol. The van der Waals surface area contributed by atoms with E-state index in [1.165, 1.54) is 0 Å². The largest absolute Gasteiger partial charge is 0.497 e. The summed E-state index contributed by atoms with van der Waals surface area (Å²) >= 11 is 0. The van der Waals surface area contributed by atoms with Gasteiger partial charge in [-0.25, -0.2) is 0 Å². The van der Waals surface area contributed by atoms with Crippen molar-refractivity contribution in [3.8, 4) is 11.5 Å². The van der Waals surface area contributed by atoms with Crippen LogP contribution >= 0.6 is 0 Å². The normalized spacial score (nSPS) is 14.0. The molecule has 33 heavy (non-hydrogen) atoms. The molecule has 1 heterocycles. The first kappa shape index (κ1) is 22.6. The lowest BCUT2D eigenvalue weighted by atomic mass is 9.97. The Labute approximate surface area is 194 Å². The number of piperazine rings is 1. The fourth-order valence-corrected chi connectivity index (χ4v) is 3.92. The summed E-state index contributed by atoms with van der Waals surface area (Å²) in [6.07, 6.45) is 0. The van der Waals surface area contributed by atoms with E-state index in [-0.39, 0.29) is 11.7 Å². The van der Waals surface area contributed by atoms with Gasteiger partial charge in [-0.05, 0) is 30.3 Å². The van der Waals surface area contributed by atoms with Crippen LogP contribution in [0.3, 0.4) is 0 Å². The molecule has 170 valence electrons. The summed E-state index contributed by atoms with van der Waals surface area (Å²) in [5.74, 6) is 1.39. The molecule has 0 radical (unpaired) electrons. The summed E-state index contributed by atoms with van der Waals surface area (Å²) in [5, 5.41) is 0. The Morgan fingerprint density at radius 2 is 1.36 bits per heavy atom. The minimum atomic E-state index is -0.131. The van der Waals surface area contributed by atoms with Crippen molar-refractivity contribution < 1.29 is 19.1 Å². The number of ether oxygens (including phenoxy) is 2. The highest BCUT2D eigenvalue weighted by molar-refractivity contribution is 6.15. The van der Waals surface area contributed by atoms with Crippen LogP contribution in [0.4, 0.5) is 0 Å². The molecule has 6 nitrogen and oxygen atoms in total. The lowest BCUT2D eigenvalue weighted by Crippen LogP contribution is -2.49. The second-order valence-electron chi connectivity index (χ2n) is 7.90. The first-order chi connectivity index (χ1) is 16.2. The number of rotatable bonds is 8. The Morgan fingerprint density at radius 1 is 0.758 bits per heavy atom. The van der Waals surface area contributed by atoms with Crippen molar-refractivity contribution in [1.29, 1.82) is 0 Å². The van der Waals surface area contributed by atoms with Crippen LogP contribution in [0.5, 0.6) is 11.5 Å². The molecule has 0 spiro atoms. The predicted molar refractivity (Wildman–Crippen MR) is 127 cm³/mol. The average molecular weight is 445 g/mol. The van der Waals surface area contributed by atoms with Crippen LogP contribution in [0.15, 0.2) is 78.9 Å². The number of carbonyl (C=O) groups excluding carboxylic acids is 2. The van der Waals surface area contributed by atoms with E-state index in [1.54, 1.807) is 37.4 Å². The minimum absolute atomic E-state index is 0.0935. The topological polar surface area (TPSA) is 59.1 Å². The van der Waals surface area contributed by atoms with Crippen molar-refractivity contribution >= 4 is 11.7 Å². The zero-order chi connectivity index (χ0) is 23.0. The first-order valence-electron chi connectivity index (χ1n) is 11.1. The van der Waals surface area contributed by atoms with Crippen LogP contribution in [-0.4, -0.2) is 67.9 Å². The molecular weight excluding hydrogens is 416 g/mol. The molecule has 1 aliphatic rings. The second kappa shape index (κ2) is 10.8. The third-order valence-electron chi connectivity index (χ3n) is 5.83. The van der Waals surface area contributed by atoms with Crippen LogP contribution in [0.2, 0.25) is 0 Å². The SMILES string of the molecule is COc1ccc(OCCN2CCN(C(=O)c3ccccc3C(=O)c3ccccc3)CC2)cc1. The van der Waals surface area contributed by atoms with Crippen molar-refractivity contribution in [2.45, 2.75) is 0 Å². The smallest absolute Gasteiger partial charge is 0.254 e. The Bertz CT molecular complexity index is 1070. The maximum atomic E-state index is 13.2. The van der Waals surface area contributed by atoms with E-state index in [1.807, 2.05) is 53.4 Å². The standard InChI is InChI=1S/C27H28N2O4/c1-32-22-11-13-23(14-12-22)33-20-19-28-15-17-29(18-16-28)27(31)25-10-6-5-9-24(25)26(30)21-7-3-2-4-8-21/h2-14H,15-20H2,1H3. The molecule has 0 aliphatic carbocycles. The number of methoxy groups -OCH3 is 1. The van der Waals surface area contributed by atoms with Crippen molar-refractivity contribution in [3.63, 3.8) is 0 Å². The van der Waals surface area contributed by atoms with Gasteiger partial charge in [-0.3, -0.25) is 14.5 Å². The fourth-order valence-electron chi connectivity index (χ4n) is 3.92. The summed E-state index contributed by atoms with van der Waals surface area (Å²) < 4.78 is 11.0. The van der Waals surface area contributed by atoms with Gasteiger partial charge in [0.05, 0.1) is 12.7 Å². The number of hydrogen-bond donors (Lipinski definition) is 0. The minimum Gasteiger partial charge on any atom is -0.497 e. The van der Waals surface area contributed by atoms with Crippen molar-refractivity contribution in [1.82, 2.24) is 9.80 Å². The van der Waals surface area contributed by atoms with Gasteiger partial charge < -0.3 is 14.4 Å². The maximum Gasteiger partial charge on any atom is 0.254 e. The molecule has 0 saturated carbocycles. The van der Waals surface area contributed by atoms with Crippen molar-refractivity contribution in [3.05, 3.63) is 95.6 Å². The molecular formula is C27H28N2O4. The summed E-state index contributed by atoms with van der Waals surface area (Å²) in [6, 6.07) is 23.7. The highest BCUT2D eigenvalue weighted by atomic mass is 16.5. The van der Waals surface area contributed by atoms with Gasteiger partial charge in [0.2, 0.25) is 0 Å². The Balaban J connectivity index is 1.31. The van der Waals surface area contributed by atoms with Gasteiger partial charge in [0.1, 0.15) is 18.1 Å². The molecule has 0 N–H and O–H groups in total. The van der Waals surface area contributed by atoms with Gasteiger partial charge in [0.15, 0.2) is 5.78 Å². The predicted octanol–water partition coefficient (Wildman–Crippen LogP) is 3.76. The van der Waals surface area contributed by atoms with Crippen LogP contribution in [0.1, 0.15) is 26.3 Å². The first-order valence-corrected chi connectivity index (χ1v) is 11.1. The highest BCUT2D eigenvalue weighted by Crippen LogP contribution is 2.19. The van der Waals surface area contributed by atoms with Gasteiger partial charge in [0.25, 0.3) is 5.91 Å². The zero-order valence-corrected chi connectivity index (χ0v) is 18.8. The summed E-state index contributed by atoms with van der Waals surface area (Å²) in [7, 11) is 1.64. The molecule has 1 saturated heterocycles. The average Bonchev–Trinajstić information content (AvgIpc) is 2.89. The third-order valence-corrected chi connectivity index (χ3v) is 5.83. The van der Waals surface area contributed by atoms with Crippen molar-refractivity contribution in [2.75, 3.05) is 46.4 Å². The molecule has 3 aromatic carbocycles. The number of amides is 1.